The predicted octanol–water partition coefficient (Wildman–Crippen LogP) is -0.0136. The Kier molecular flexibility index (Phi) is 4.81. The number of Topliss-reactive ketones (excluding diaryl/α,β-unsaturated/α-hetero) is 1. The van der Waals surface area contributed by atoms with Crippen molar-refractivity contribution in [3.63, 3.8) is 0 Å². The summed E-state index contributed by atoms with van der Waals surface area (Å²) in [6, 6.07) is -0.733. The Morgan fingerprint density at radius 2 is 2.09 bits per heavy atom. The summed E-state index contributed by atoms with van der Waals surface area (Å²) in [5.74, 6) is -1.42. The van der Waals surface area contributed by atoms with Crippen LogP contribution in [-0.4, -0.2) is 28.8 Å². The lowest BCUT2D eigenvalue weighted by molar-refractivity contribution is -0.137. The number of nitrogens with two attached hydrogens (primary N) is 1. The third-order valence-electron chi connectivity index (χ3n) is 1.21. The van der Waals surface area contributed by atoms with E-state index in [1.165, 1.54) is 0 Å². The summed E-state index contributed by atoms with van der Waals surface area (Å²) in [6.45, 7) is 0. The SMILES string of the molecule is N[C@@H](CCC(=O)O)C(=O)CCl. The van der Waals surface area contributed by atoms with Gasteiger partial charge in [0.05, 0.1) is 11.9 Å². The van der Waals surface area contributed by atoms with E-state index in [9.17, 15) is 9.59 Å². The van der Waals surface area contributed by atoms with Gasteiger partial charge in [0.25, 0.3) is 0 Å². The number of hydrogen-bond donors (Lipinski definition) is 2. The summed E-state index contributed by atoms with van der Waals surface area (Å²) < 4.78 is 0. The zero-order valence-corrected chi connectivity index (χ0v) is 6.67. The minimum absolute atomic E-state index is 0.0935. The topological polar surface area (TPSA) is 80.4 Å². The van der Waals surface area contributed by atoms with Crippen LogP contribution in [0.4, 0.5) is 0 Å². The van der Waals surface area contributed by atoms with Gasteiger partial charge < -0.3 is 10.8 Å². The first-order valence-corrected chi connectivity index (χ1v) is 3.67. The number of carboxylic acids is 1. The second-order valence-corrected chi connectivity index (χ2v) is 2.41. The number of carbonyl (C=O) groups is 2. The van der Waals surface area contributed by atoms with Crippen LogP contribution >= 0.6 is 11.6 Å². The fourth-order valence-electron chi connectivity index (χ4n) is 0.539. The highest BCUT2D eigenvalue weighted by molar-refractivity contribution is 6.28. The molecule has 0 aromatic carbocycles. The van der Waals surface area contributed by atoms with Crippen LogP contribution in [0.2, 0.25) is 0 Å². The van der Waals surface area contributed by atoms with E-state index in [0.717, 1.165) is 0 Å². The van der Waals surface area contributed by atoms with E-state index in [1.807, 2.05) is 0 Å². The van der Waals surface area contributed by atoms with E-state index in [1.54, 1.807) is 0 Å². The minimum Gasteiger partial charge on any atom is -0.481 e. The molecule has 0 bridgehead atoms. The molecule has 0 saturated carbocycles. The van der Waals surface area contributed by atoms with Gasteiger partial charge in [-0.25, -0.2) is 0 Å². The Hall–Kier alpha value is -0.610. The Labute approximate surface area is 69.3 Å². The molecular weight excluding hydrogens is 170 g/mol. The van der Waals surface area contributed by atoms with Gasteiger partial charge in [-0.2, -0.15) is 0 Å². The summed E-state index contributed by atoms with van der Waals surface area (Å²) >= 11 is 5.19. The molecule has 0 aliphatic rings. The smallest absolute Gasteiger partial charge is 0.303 e. The molecule has 0 saturated heterocycles. The first-order chi connectivity index (χ1) is 5.07. The molecule has 11 heavy (non-hydrogen) atoms. The van der Waals surface area contributed by atoms with Gasteiger partial charge in [0, 0.05) is 6.42 Å². The summed E-state index contributed by atoms with van der Waals surface area (Å²) in [5.41, 5.74) is 5.28. The van der Waals surface area contributed by atoms with Crippen molar-refractivity contribution in [2.45, 2.75) is 18.9 Å². The number of rotatable bonds is 5. The van der Waals surface area contributed by atoms with Gasteiger partial charge in [-0.1, -0.05) is 0 Å². The monoisotopic (exact) mass is 179 g/mol. The molecule has 1 atom stereocenters. The molecule has 3 N–H and O–H groups in total. The van der Waals surface area contributed by atoms with Crippen LogP contribution in [0.3, 0.4) is 0 Å². The fraction of sp³-hybridized carbons (Fsp3) is 0.667. The van der Waals surface area contributed by atoms with Crippen molar-refractivity contribution < 1.29 is 14.7 Å². The van der Waals surface area contributed by atoms with Crippen LogP contribution in [0.25, 0.3) is 0 Å². The van der Waals surface area contributed by atoms with Crippen LogP contribution in [0.15, 0.2) is 0 Å². The van der Waals surface area contributed by atoms with Crippen molar-refractivity contribution in [1.29, 1.82) is 0 Å². The number of carbonyl (C=O) groups excluding carboxylic acids is 1. The average molecular weight is 180 g/mol. The Morgan fingerprint density at radius 1 is 1.55 bits per heavy atom. The third kappa shape index (κ3) is 4.75. The minimum atomic E-state index is -0.956. The largest absolute Gasteiger partial charge is 0.481 e. The molecule has 64 valence electrons. The molecule has 0 heterocycles. The molecule has 0 aliphatic carbocycles. The van der Waals surface area contributed by atoms with Crippen LogP contribution < -0.4 is 5.73 Å². The third-order valence-corrected chi connectivity index (χ3v) is 1.48. The molecule has 0 aliphatic heterocycles. The van der Waals surface area contributed by atoms with Crippen LogP contribution in [-0.2, 0) is 9.59 Å². The van der Waals surface area contributed by atoms with E-state index in [0.29, 0.717) is 0 Å². The number of halogens is 1. The van der Waals surface area contributed by atoms with Gasteiger partial charge in [-0.3, -0.25) is 9.59 Å². The maximum atomic E-state index is 10.7. The number of carboxylic acid groups (broad SMARTS) is 1. The van der Waals surface area contributed by atoms with Crippen LogP contribution in [0.1, 0.15) is 12.8 Å². The van der Waals surface area contributed by atoms with Crippen molar-refractivity contribution in [3.05, 3.63) is 0 Å². The number of aliphatic carboxylic acids is 1. The lowest BCUT2D eigenvalue weighted by atomic mass is 10.1. The van der Waals surface area contributed by atoms with E-state index < -0.39 is 12.0 Å². The van der Waals surface area contributed by atoms with Crippen molar-refractivity contribution in [3.8, 4) is 0 Å². The van der Waals surface area contributed by atoms with Crippen molar-refractivity contribution in [2.24, 2.45) is 5.73 Å². The molecule has 4 nitrogen and oxygen atoms in total. The molecule has 0 fully saturated rings. The molecule has 0 aromatic heterocycles. The Bertz CT molecular complexity index is 160. The zero-order valence-electron chi connectivity index (χ0n) is 5.92. The summed E-state index contributed by atoms with van der Waals surface area (Å²) in [6.07, 6.45) is 0.0602. The van der Waals surface area contributed by atoms with Gasteiger partial charge in [0.15, 0.2) is 5.78 Å². The highest BCUT2D eigenvalue weighted by Gasteiger charge is 2.12. The summed E-state index contributed by atoms with van der Waals surface area (Å²) in [5, 5.41) is 8.22. The van der Waals surface area contributed by atoms with E-state index in [-0.39, 0.29) is 24.5 Å². The quantitative estimate of drug-likeness (QED) is 0.582. The van der Waals surface area contributed by atoms with E-state index in [4.69, 9.17) is 22.4 Å². The number of ketones is 1. The molecule has 0 radical (unpaired) electrons. The van der Waals surface area contributed by atoms with Crippen molar-refractivity contribution in [1.82, 2.24) is 0 Å². The summed E-state index contributed by atoms with van der Waals surface area (Å²) in [7, 11) is 0. The number of hydrogen-bond acceptors (Lipinski definition) is 3. The zero-order chi connectivity index (χ0) is 8.85. The highest BCUT2D eigenvalue weighted by Crippen LogP contribution is 1.96. The Balaban J connectivity index is 3.60. The average Bonchev–Trinajstić information content (AvgIpc) is 1.98. The second-order valence-electron chi connectivity index (χ2n) is 2.14. The molecule has 0 spiro atoms. The predicted molar refractivity (Wildman–Crippen MR) is 40.6 cm³/mol. The normalized spacial score (nSPS) is 12.5. The molecule has 0 amide bonds. The molecule has 0 aromatic rings. The van der Waals surface area contributed by atoms with E-state index in [2.05, 4.69) is 0 Å². The summed E-state index contributed by atoms with van der Waals surface area (Å²) in [4.78, 5) is 20.7. The molecule has 0 unspecified atom stereocenters. The molecular formula is C6H10ClNO3. The van der Waals surface area contributed by atoms with Gasteiger partial charge in [-0.05, 0) is 6.42 Å². The van der Waals surface area contributed by atoms with Crippen LogP contribution in [0, 0.1) is 0 Å². The van der Waals surface area contributed by atoms with Gasteiger partial charge >= 0.3 is 5.97 Å². The van der Waals surface area contributed by atoms with Gasteiger partial charge in [-0.15, -0.1) is 11.6 Å². The lowest BCUT2D eigenvalue weighted by Crippen LogP contribution is -2.31. The first-order valence-electron chi connectivity index (χ1n) is 3.14. The second kappa shape index (κ2) is 5.09. The van der Waals surface area contributed by atoms with Crippen LogP contribution in [0.5, 0.6) is 0 Å². The maximum Gasteiger partial charge on any atom is 0.303 e. The lowest BCUT2D eigenvalue weighted by Gasteiger charge is -2.04. The van der Waals surface area contributed by atoms with Crippen molar-refractivity contribution >= 4 is 23.4 Å². The number of alkyl halides is 1. The molecule has 5 heteroatoms. The van der Waals surface area contributed by atoms with E-state index >= 15 is 0 Å². The molecule has 0 rings (SSSR count). The maximum absolute atomic E-state index is 10.7. The van der Waals surface area contributed by atoms with Crippen molar-refractivity contribution in [2.75, 3.05) is 5.88 Å². The fourth-order valence-corrected chi connectivity index (χ4v) is 0.737. The standard InChI is InChI=1S/C6H10ClNO3/c7-3-5(9)4(8)1-2-6(10)11/h4H,1-3,8H2,(H,10,11)/t4-/m0/s1. The first kappa shape index (κ1) is 10.4. The highest BCUT2D eigenvalue weighted by atomic mass is 35.5. The van der Waals surface area contributed by atoms with Gasteiger partial charge in [0.1, 0.15) is 0 Å². The van der Waals surface area contributed by atoms with Gasteiger partial charge in [0.2, 0.25) is 0 Å². The Morgan fingerprint density at radius 3 is 2.45 bits per heavy atom.